The molecule has 0 fully saturated rings. The molecule has 0 spiro atoms. The summed E-state index contributed by atoms with van der Waals surface area (Å²) in [5, 5.41) is 11.7. The zero-order valence-corrected chi connectivity index (χ0v) is 31.0. The predicted molar refractivity (Wildman–Crippen MR) is 197 cm³/mol. The number of carbonyl (C=O) groups is 3. The van der Waals surface area contributed by atoms with Crippen LogP contribution in [0.2, 0.25) is 0 Å². The molecule has 0 amide bonds. The van der Waals surface area contributed by atoms with Gasteiger partial charge in [-0.1, -0.05) is 18.1 Å². The highest BCUT2D eigenvalue weighted by atomic mass is 16.5. The molecule has 4 rings (SSSR count). The van der Waals surface area contributed by atoms with Gasteiger partial charge >= 0.3 is 24.1 Å². The van der Waals surface area contributed by atoms with Crippen molar-refractivity contribution in [2.45, 2.75) is 6.92 Å². The Bertz CT molecular complexity index is 1880. The van der Waals surface area contributed by atoms with Gasteiger partial charge < -0.3 is 49.3 Å². The number of methoxy groups -OCH3 is 5. The minimum atomic E-state index is -0.717. The molecule has 0 bridgehead atoms. The molecule has 17 nitrogen and oxygen atoms in total. The van der Waals surface area contributed by atoms with Crippen LogP contribution in [-0.4, -0.2) is 108 Å². The van der Waals surface area contributed by atoms with Gasteiger partial charge in [0.2, 0.25) is 0 Å². The van der Waals surface area contributed by atoms with E-state index in [-0.39, 0.29) is 11.8 Å². The topological polar surface area (TPSA) is 234 Å². The largest absolute Gasteiger partial charge is 0.491 e. The Morgan fingerprint density at radius 3 is 1.76 bits per heavy atom. The van der Waals surface area contributed by atoms with E-state index in [4.69, 9.17) is 44.1 Å². The smallest absolute Gasteiger partial charge is 0.384 e. The lowest BCUT2D eigenvalue weighted by Gasteiger charge is -2.14. The third kappa shape index (κ3) is 18.1. The molecule has 2 heterocycles. The predicted octanol–water partition coefficient (Wildman–Crippen LogP) is 2.95. The SMILES string of the molecule is CC#CC(=O)OC.CO.COCCOc1cc(N)c2ncccc2c1.COCCOc1cc(N/C(=C\C(=O)OC)C(=O)OC)c2ncccc2c1.O=C=O. The first-order valence-corrected chi connectivity index (χ1v) is 15.5. The van der Waals surface area contributed by atoms with Crippen molar-refractivity contribution < 1.29 is 62.2 Å². The van der Waals surface area contributed by atoms with Gasteiger partial charge in [0.25, 0.3) is 0 Å². The molecular weight excluding hydrogens is 708 g/mol. The Morgan fingerprint density at radius 2 is 1.30 bits per heavy atom. The van der Waals surface area contributed by atoms with Crippen LogP contribution < -0.4 is 20.5 Å². The van der Waals surface area contributed by atoms with Gasteiger partial charge in [-0.05, 0) is 31.2 Å². The summed E-state index contributed by atoms with van der Waals surface area (Å²) in [5.74, 6) is 3.99. The van der Waals surface area contributed by atoms with Crippen LogP contribution in [0.3, 0.4) is 0 Å². The molecule has 0 atom stereocenters. The van der Waals surface area contributed by atoms with Crippen LogP contribution in [-0.2, 0) is 47.7 Å². The number of nitrogens with one attached hydrogen (secondary N) is 1. The average molecular weight is 753 g/mol. The number of benzene rings is 2. The molecule has 0 saturated heterocycles. The fourth-order valence-corrected chi connectivity index (χ4v) is 3.84. The number of hydrogen-bond donors (Lipinski definition) is 3. The van der Waals surface area contributed by atoms with Crippen molar-refractivity contribution in [3.05, 3.63) is 72.7 Å². The monoisotopic (exact) mass is 752 g/mol. The normalized spacial score (nSPS) is 9.52. The summed E-state index contributed by atoms with van der Waals surface area (Å²) in [7, 11) is 7.96. The number of nitrogens with two attached hydrogens (primary N) is 1. The number of rotatable bonds is 12. The number of ether oxygens (including phenoxy) is 7. The Kier molecular flexibility index (Phi) is 25.5. The minimum Gasteiger partial charge on any atom is -0.491 e. The van der Waals surface area contributed by atoms with Crippen LogP contribution in [0.15, 0.2) is 72.7 Å². The number of carbonyl (C=O) groups excluding carboxylic acids is 5. The van der Waals surface area contributed by atoms with Gasteiger partial charge in [0, 0.05) is 62.5 Å². The van der Waals surface area contributed by atoms with Crippen LogP contribution in [0.4, 0.5) is 11.4 Å². The van der Waals surface area contributed by atoms with E-state index >= 15 is 0 Å². The van der Waals surface area contributed by atoms with E-state index in [9.17, 15) is 14.4 Å². The van der Waals surface area contributed by atoms with Crippen LogP contribution in [0.25, 0.3) is 21.8 Å². The molecule has 54 heavy (non-hydrogen) atoms. The second-order valence-corrected chi connectivity index (χ2v) is 9.46. The highest BCUT2D eigenvalue weighted by Crippen LogP contribution is 2.29. The number of aliphatic hydroxyl groups excluding tert-OH is 1. The van der Waals surface area contributed by atoms with Gasteiger partial charge in [-0.2, -0.15) is 9.59 Å². The fraction of sp³-hybridized carbons (Fsp3) is 0.297. The standard InChI is InChI=1S/C18H20N2O6.C12H14N2O2.C5H6O2.CO2.CH4O/c1-23-7-8-26-13-9-12-5-4-6-19-17(12)14(10-13)20-15(18(22)25-3)11-16(21)24-2;1-15-5-6-16-10-7-9-3-2-4-14-12(9)11(13)8-10;1-3-4-5(6)7-2;2-1-3;1-2/h4-6,9-11,20H,7-8H2,1-3H3;2-4,7-8H,5-6,13H2,1H3;1-2H3;;2H,1H3/b15-11-;;;;. The number of pyridine rings is 2. The number of fused-ring (bicyclic) bond motifs is 2. The Labute approximate surface area is 312 Å². The molecule has 2 aromatic heterocycles. The van der Waals surface area contributed by atoms with Crippen molar-refractivity contribution >= 4 is 57.2 Å². The van der Waals surface area contributed by atoms with E-state index in [2.05, 4.69) is 36.6 Å². The first kappa shape index (κ1) is 47.4. The van der Waals surface area contributed by atoms with Gasteiger partial charge in [-0.3, -0.25) is 9.97 Å². The van der Waals surface area contributed by atoms with Gasteiger partial charge in [0.15, 0.2) is 0 Å². The van der Waals surface area contributed by atoms with Crippen LogP contribution >= 0.6 is 0 Å². The van der Waals surface area contributed by atoms with Crippen molar-refractivity contribution in [2.24, 2.45) is 0 Å². The highest BCUT2D eigenvalue weighted by molar-refractivity contribution is 6.01. The van der Waals surface area contributed by atoms with Crippen LogP contribution in [0.1, 0.15) is 6.92 Å². The molecule has 0 aliphatic carbocycles. The molecule has 0 saturated carbocycles. The first-order valence-electron chi connectivity index (χ1n) is 15.5. The van der Waals surface area contributed by atoms with E-state index in [1.165, 1.54) is 21.3 Å². The number of anilines is 2. The zero-order valence-electron chi connectivity index (χ0n) is 31.0. The van der Waals surface area contributed by atoms with Gasteiger partial charge in [0.1, 0.15) is 30.4 Å². The lowest BCUT2D eigenvalue weighted by Crippen LogP contribution is -2.16. The highest BCUT2D eigenvalue weighted by Gasteiger charge is 2.16. The Morgan fingerprint density at radius 1 is 0.778 bits per heavy atom. The van der Waals surface area contributed by atoms with Crippen molar-refractivity contribution in [2.75, 3.05) is 80.1 Å². The third-order valence-corrected chi connectivity index (χ3v) is 6.05. The first-order chi connectivity index (χ1) is 26.1. The van der Waals surface area contributed by atoms with Gasteiger partial charge in [-0.25, -0.2) is 14.4 Å². The second kappa shape index (κ2) is 29.1. The summed E-state index contributed by atoms with van der Waals surface area (Å²) in [6.45, 7) is 3.46. The van der Waals surface area contributed by atoms with E-state index < -0.39 is 17.9 Å². The maximum atomic E-state index is 12.0. The molecule has 2 aromatic carbocycles. The van der Waals surface area contributed by atoms with Crippen molar-refractivity contribution in [1.29, 1.82) is 0 Å². The fourth-order valence-electron chi connectivity index (χ4n) is 3.84. The summed E-state index contributed by atoms with van der Waals surface area (Å²) in [4.78, 5) is 58.3. The average Bonchev–Trinajstić information content (AvgIpc) is 3.19. The zero-order chi connectivity index (χ0) is 40.7. The van der Waals surface area contributed by atoms with E-state index in [1.807, 2.05) is 30.3 Å². The van der Waals surface area contributed by atoms with Crippen molar-refractivity contribution in [1.82, 2.24) is 9.97 Å². The van der Waals surface area contributed by atoms with Crippen molar-refractivity contribution in [3.63, 3.8) is 0 Å². The minimum absolute atomic E-state index is 0.0830. The molecular formula is C37H44N4O13. The van der Waals surface area contributed by atoms with Crippen LogP contribution in [0, 0.1) is 11.8 Å². The van der Waals surface area contributed by atoms with Crippen LogP contribution in [0.5, 0.6) is 11.5 Å². The number of esters is 3. The molecule has 4 aromatic rings. The maximum Gasteiger partial charge on any atom is 0.384 e. The number of aromatic nitrogens is 2. The molecule has 290 valence electrons. The maximum absolute atomic E-state index is 12.0. The number of nitrogen functional groups attached to an aromatic ring is 1. The summed E-state index contributed by atoms with van der Waals surface area (Å²) in [6.07, 6.45) is 4.62. The van der Waals surface area contributed by atoms with E-state index in [1.54, 1.807) is 51.7 Å². The quantitative estimate of drug-likeness (QED) is 0.0359. The Hall–Kier alpha value is -6.57. The number of aliphatic hydroxyl groups is 1. The third-order valence-electron chi connectivity index (χ3n) is 6.05. The van der Waals surface area contributed by atoms with Crippen molar-refractivity contribution in [3.8, 4) is 23.3 Å². The summed E-state index contributed by atoms with van der Waals surface area (Å²) >= 11 is 0. The molecule has 4 N–H and O–H groups in total. The summed E-state index contributed by atoms with van der Waals surface area (Å²) < 4.78 is 34.5. The van der Waals surface area contributed by atoms with Gasteiger partial charge in [0.05, 0.1) is 63.0 Å². The molecule has 0 unspecified atom stereocenters. The van der Waals surface area contributed by atoms with E-state index in [0.29, 0.717) is 49.1 Å². The van der Waals surface area contributed by atoms with Gasteiger partial charge in [-0.15, -0.1) is 0 Å². The summed E-state index contributed by atoms with van der Waals surface area (Å²) in [6, 6.07) is 14.7. The number of nitrogens with zero attached hydrogens (tertiary/aromatic N) is 2. The second-order valence-electron chi connectivity index (χ2n) is 9.46. The number of hydrogen-bond acceptors (Lipinski definition) is 17. The lowest BCUT2D eigenvalue weighted by molar-refractivity contribution is -0.191. The molecule has 0 aliphatic rings. The lowest BCUT2D eigenvalue weighted by atomic mass is 10.1. The summed E-state index contributed by atoms with van der Waals surface area (Å²) in [5.41, 5.74) is 8.33. The molecule has 0 aliphatic heterocycles. The van der Waals surface area contributed by atoms with E-state index in [0.717, 1.165) is 35.2 Å². The molecule has 17 heteroatoms. The molecule has 0 radical (unpaired) electrons. The Balaban J connectivity index is 0.000000847.